The van der Waals surface area contributed by atoms with Gasteiger partial charge in [-0.3, -0.25) is 0 Å². The Bertz CT molecular complexity index is 415. The molecule has 15 heavy (non-hydrogen) atoms. The number of carbonyl (C=O) groups excluding carboxylic acids is 1. The number of carbonyl (C=O) groups is 1. The molecule has 5 heteroatoms. The molecule has 0 radical (unpaired) electrons. The zero-order valence-electron chi connectivity index (χ0n) is 8.19. The first-order chi connectivity index (χ1) is 7.29. The highest BCUT2D eigenvalue weighted by Crippen LogP contribution is 2.14. The summed E-state index contributed by atoms with van der Waals surface area (Å²) in [5.41, 5.74) is 3.80. The first kappa shape index (κ1) is 9.51. The summed E-state index contributed by atoms with van der Waals surface area (Å²) in [6.07, 6.45) is -0.526. The highest BCUT2D eigenvalue weighted by Gasteiger charge is 2.13. The molecule has 0 aliphatic carbocycles. The van der Waals surface area contributed by atoms with E-state index in [4.69, 9.17) is 9.47 Å². The summed E-state index contributed by atoms with van der Waals surface area (Å²) >= 11 is 0. The predicted octanol–water partition coefficient (Wildman–Crippen LogP) is 1.14. The Balaban J connectivity index is 2.25. The Kier molecular flexibility index (Phi) is 2.53. The molecule has 1 aromatic carbocycles. The van der Waals surface area contributed by atoms with E-state index in [1.807, 2.05) is 24.3 Å². The average molecular weight is 206 g/mol. The van der Waals surface area contributed by atoms with Crippen molar-refractivity contribution in [1.29, 1.82) is 0 Å². The third-order valence-electron chi connectivity index (χ3n) is 2.03. The van der Waals surface area contributed by atoms with Gasteiger partial charge in [0.25, 0.3) is 0 Å². The number of rotatable bonds is 2. The summed E-state index contributed by atoms with van der Waals surface area (Å²) in [4.78, 5) is 10.7. The molecule has 1 aromatic rings. The van der Waals surface area contributed by atoms with Crippen molar-refractivity contribution in [1.82, 2.24) is 5.43 Å². The molecule has 0 aromatic heterocycles. The minimum Gasteiger partial charge on any atom is -0.497 e. The molecule has 1 amide bonds. The van der Waals surface area contributed by atoms with Crippen LogP contribution in [0, 0.1) is 0 Å². The molecule has 0 bridgehead atoms. The smallest absolute Gasteiger partial charge is 0.428 e. The first-order valence-corrected chi connectivity index (χ1v) is 4.43. The lowest BCUT2D eigenvalue weighted by Gasteiger charge is -2.13. The summed E-state index contributed by atoms with van der Waals surface area (Å²) in [6, 6.07) is 7.40. The SMILES string of the molecule is COc1cccc(C2=NNC(=O)OC2)c1. The summed E-state index contributed by atoms with van der Waals surface area (Å²) in [5, 5.41) is 3.89. The molecule has 5 nitrogen and oxygen atoms in total. The van der Waals surface area contributed by atoms with E-state index >= 15 is 0 Å². The normalized spacial score (nSPS) is 15.0. The van der Waals surface area contributed by atoms with E-state index in [1.165, 1.54) is 0 Å². The summed E-state index contributed by atoms with van der Waals surface area (Å²) in [7, 11) is 1.60. The second-order valence-electron chi connectivity index (χ2n) is 2.98. The van der Waals surface area contributed by atoms with Crippen molar-refractivity contribution < 1.29 is 14.3 Å². The van der Waals surface area contributed by atoms with Crippen LogP contribution in [-0.2, 0) is 4.74 Å². The van der Waals surface area contributed by atoms with Crippen LogP contribution in [0.5, 0.6) is 5.75 Å². The summed E-state index contributed by atoms with van der Waals surface area (Å²) in [5.74, 6) is 0.743. The van der Waals surface area contributed by atoms with Gasteiger partial charge in [0.05, 0.1) is 7.11 Å². The summed E-state index contributed by atoms with van der Waals surface area (Å²) in [6.45, 7) is 0.180. The van der Waals surface area contributed by atoms with Crippen LogP contribution in [0.4, 0.5) is 4.79 Å². The number of nitrogens with one attached hydrogen (secondary N) is 1. The Labute approximate surface area is 86.7 Å². The topological polar surface area (TPSA) is 59.9 Å². The largest absolute Gasteiger partial charge is 0.497 e. The molecule has 0 unspecified atom stereocenters. The molecule has 2 rings (SSSR count). The van der Waals surface area contributed by atoms with Gasteiger partial charge in [0.1, 0.15) is 18.1 Å². The standard InChI is InChI=1S/C10H10N2O3/c1-14-8-4-2-3-7(5-8)9-6-15-10(13)12-11-9/h2-5H,6H2,1H3,(H,12,13). The maximum atomic E-state index is 10.7. The molecular weight excluding hydrogens is 196 g/mol. The second kappa shape index (κ2) is 4.00. The Morgan fingerprint density at radius 3 is 3.07 bits per heavy atom. The molecule has 1 aliphatic heterocycles. The van der Waals surface area contributed by atoms with E-state index in [9.17, 15) is 4.79 Å². The van der Waals surface area contributed by atoms with Gasteiger partial charge in [-0.05, 0) is 12.1 Å². The van der Waals surface area contributed by atoms with Crippen molar-refractivity contribution in [3.8, 4) is 5.75 Å². The van der Waals surface area contributed by atoms with Crippen LogP contribution in [-0.4, -0.2) is 25.5 Å². The van der Waals surface area contributed by atoms with Gasteiger partial charge in [0, 0.05) is 5.56 Å². The second-order valence-corrected chi connectivity index (χ2v) is 2.98. The predicted molar refractivity (Wildman–Crippen MR) is 54.0 cm³/mol. The number of benzene rings is 1. The minimum absolute atomic E-state index is 0.180. The lowest BCUT2D eigenvalue weighted by Crippen LogP contribution is -2.30. The van der Waals surface area contributed by atoms with E-state index in [0.29, 0.717) is 5.71 Å². The van der Waals surface area contributed by atoms with Gasteiger partial charge in [-0.15, -0.1) is 0 Å². The summed E-state index contributed by atoms with van der Waals surface area (Å²) < 4.78 is 9.88. The van der Waals surface area contributed by atoms with Gasteiger partial charge in [0.15, 0.2) is 0 Å². The van der Waals surface area contributed by atoms with Gasteiger partial charge >= 0.3 is 6.09 Å². The molecule has 0 fully saturated rings. The molecule has 1 N–H and O–H groups in total. The maximum absolute atomic E-state index is 10.7. The molecule has 78 valence electrons. The molecule has 0 atom stereocenters. The van der Waals surface area contributed by atoms with E-state index < -0.39 is 6.09 Å². The number of nitrogens with zero attached hydrogens (tertiary/aromatic N) is 1. The lowest BCUT2D eigenvalue weighted by atomic mass is 10.1. The molecule has 0 spiro atoms. The van der Waals surface area contributed by atoms with Crippen molar-refractivity contribution in [2.45, 2.75) is 0 Å². The maximum Gasteiger partial charge on any atom is 0.428 e. The molecule has 0 saturated carbocycles. The fourth-order valence-corrected chi connectivity index (χ4v) is 1.26. The fraction of sp³-hybridized carbons (Fsp3) is 0.200. The molecule has 1 heterocycles. The Morgan fingerprint density at radius 1 is 1.53 bits per heavy atom. The average Bonchev–Trinajstić information content (AvgIpc) is 2.30. The number of hydrogen-bond acceptors (Lipinski definition) is 4. The number of amides is 1. The van der Waals surface area contributed by atoms with Crippen LogP contribution < -0.4 is 10.2 Å². The number of hydrazone groups is 1. The molecule has 1 aliphatic rings. The van der Waals surface area contributed by atoms with E-state index in [2.05, 4.69) is 10.5 Å². The fourth-order valence-electron chi connectivity index (χ4n) is 1.26. The van der Waals surface area contributed by atoms with Crippen LogP contribution >= 0.6 is 0 Å². The number of ether oxygens (including phenoxy) is 2. The van der Waals surface area contributed by atoms with Gasteiger partial charge in [0.2, 0.25) is 0 Å². The third-order valence-corrected chi connectivity index (χ3v) is 2.03. The molecular formula is C10H10N2O3. The highest BCUT2D eigenvalue weighted by atomic mass is 16.6. The van der Waals surface area contributed by atoms with Crippen molar-refractivity contribution in [3.63, 3.8) is 0 Å². The van der Waals surface area contributed by atoms with Gasteiger partial charge in [-0.2, -0.15) is 5.10 Å². The third kappa shape index (κ3) is 2.07. The Morgan fingerprint density at radius 2 is 2.40 bits per heavy atom. The minimum atomic E-state index is -0.526. The zero-order valence-corrected chi connectivity index (χ0v) is 8.19. The van der Waals surface area contributed by atoms with Crippen LogP contribution in [0.15, 0.2) is 29.4 Å². The van der Waals surface area contributed by atoms with Crippen molar-refractivity contribution in [3.05, 3.63) is 29.8 Å². The van der Waals surface area contributed by atoms with Crippen molar-refractivity contribution in [2.75, 3.05) is 13.7 Å². The number of hydrogen-bond donors (Lipinski definition) is 1. The van der Waals surface area contributed by atoms with Crippen LogP contribution in [0.1, 0.15) is 5.56 Å². The van der Waals surface area contributed by atoms with E-state index in [0.717, 1.165) is 11.3 Å². The first-order valence-electron chi connectivity index (χ1n) is 4.43. The molecule has 0 saturated heterocycles. The number of methoxy groups -OCH3 is 1. The van der Waals surface area contributed by atoms with E-state index in [-0.39, 0.29) is 6.61 Å². The van der Waals surface area contributed by atoms with Crippen LogP contribution in [0.2, 0.25) is 0 Å². The van der Waals surface area contributed by atoms with E-state index in [1.54, 1.807) is 7.11 Å². The van der Waals surface area contributed by atoms with Crippen molar-refractivity contribution >= 4 is 11.8 Å². The van der Waals surface area contributed by atoms with Gasteiger partial charge < -0.3 is 9.47 Å². The highest BCUT2D eigenvalue weighted by molar-refractivity contribution is 6.03. The zero-order chi connectivity index (χ0) is 10.7. The number of cyclic esters (lactones) is 1. The van der Waals surface area contributed by atoms with Crippen molar-refractivity contribution in [2.24, 2.45) is 5.10 Å². The van der Waals surface area contributed by atoms with Gasteiger partial charge in [-0.1, -0.05) is 12.1 Å². The van der Waals surface area contributed by atoms with Crippen LogP contribution in [0.3, 0.4) is 0 Å². The quantitative estimate of drug-likeness (QED) is 0.789. The monoisotopic (exact) mass is 206 g/mol. The van der Waals surface area contributed by atoms with Crippen LogP contribution in [0.25, 0.3) is 0 Å². The Hall–Kier alpha value is -2.04. The lowest BCUT2D eigenvalue weighted by molar-refractivity contribution is 0.157. The van der Waals surface area contributed by atoms with Gasteiger partial charge in [-0.25, -0.2) is 10.2 Å².